The maximum atomic E-state index is 4.10. The molecule has 0 aliphatic carbocycles. The quantitative estimate of drug-likeness (QED) is 0.610. The van der Waals surface area contributed by atoms with Crippen LogP contribution in [-0.4, -0.2) is 23.8 Å². The van der Waals surface area contributed by atoms with E-state index in [4.69, 9.17) is 0 Å². The van der Waals surface area contributed by atoms with Crippen LogP contribution in [-0.2, 0) is 0 Å². The van der Waals surface area contributed by atoms with Gasteiger partial charge in [-0.3, -0.25) is 9.98 Å². The number of aryl methyl sites for hydroxylation is 1. The summed E-state index contributed by atoms with van der Waals surface area (Å²) in [7, 11) is 3.59. The molecule has 0 unspecified atom stereocenters. The van der Waals surface area contributed by atoms with Gasteiger partial charge in [0.1, 0.15) is 0 Å². The third-order valence-corrected chi connectivity index (χ3v) is 1.49. The highest BCUT2D eigenvalue weighted by atomic mass is 15.4. The van der Waals surface area contributed by atoms with Crippen LogP contribution < -0.4 is 10.9 Å². The van der Waals surface area contributed by atoms with E-state index >= 15 is 0 Å². The van der Waals surface area contributed by atoms with Gasteiger partial charge in [0.2, 0.25) is 0 Å². The largest absolute Gasteiger partial charge is 0.327 e. The van der Waals surface area contributed by atoms with Crippen LogP contribution in [0.15, 0.2) is 17.4 Å². The third-order valence-electron chi connectivity index (χ3n) is 1.49. The Bertz CT molecular complexity index is 300. The Labute approximate surface area is 65.6 Å². The molecular formula is C7H12N4. The first-order valence-electron chi connectivity index (χ1n) is 3.44. The molecule has 1 heterocycles. The number of hydrogen-bond donors (Lipinski definition) is 1. The molecule has 0 aliphatic heterocycles. The van der Waals surface area contributed by atoms with Crippen molar-refractivity contribution in [2.75, 3.05) is 19.5 Å². The van der Waals surface area contributed by atoms with Crippen molar-refractivity contribution >= 4 is 0 Å². The molecule has 0 bridgehead atoms. The maximum absolute atomic E-state index is 4.10. The molecule has 60 valence electrons. The summed E-state index contributed by atoms with van der Waals surface area (Å²) in [5, 5.41) is 0. The molecule has 1 aromatic heterocycles. The minimum atomic E-state index is 0.856. The van der Waals surface area contributed by atoms with Gasteiger partial charge in [-0.25, -0.2) is 4.68 Å². The predicted octanol–water partition coefficient (Wildman–Crippen LogP) is -0.105. The smallest absolute Gasteiger partial charge is 0.167 e. The molecule has 0 radical (unpaired) electrons. The fourth-order valence-corrected chi connectivity index (χ4v) is 0.964. The topological polar surface area (TPSA) is 42.2 Å². The lowest BCUT2D eigenvalue weighted by molar-refractivity contribution is 0.802. The number of nitrogens with one attached hydrogen (secondary N) is 1. The Hall–Kier alpha value is -1.32. The van der Waals surface area contributed by atoms with Gasteiger partial charge in [-0.1, -0.05) is 0 Å². The van der Waals surface area contributed by atoms with Crippen molar-refractivity contribution in [1.29, 1.82) is 0 Å². The summed E-state index contributed by atoms with van der Waals surface area (Å²) in [6.07, 6.45) is 3.57. The average Bonchev–Trinajstić information content (AvgIpc) is 2.04. The standard InChI is InChI=1S/C7H12N4/c1-6-7(8-2)11(9-3)5-4-10-6/h4-5,9H,1-3H3. The van der Waals surface area contributed by atoms with Gasteiger partial charge in [0.15, 0.2) is 5.49 Å². The van der Waals surface area contributed by atoms with Gasteiger partial charge >= 0.3 is 0 Å². The zero-order valence-corrected chi connectivity index (χ0v) is 7.00. The van der Waals surface area contributed by atoms with Gasteiger partial charge in [0, 0.05) is 26.5 Å². The second-order valence-corrected chi connectivity index (χ2v) is 2.15. The van der Waals surface area contributed by atoms with Crippen LogP contribution >= 0.6 is 0 Å². The fraction of sp³-hybridized carbons (Fsp3) is 0.429. The van der Waals surface area contributed by atoms with Crippen molar-refractivity contribution in [1.82, 2.24) is 9.66 Å². The fourth-order valence-electron chi connectivity index (χ4n) is 0.964. The van der Waals surface area contributed by atoms with Crippen LogP contribution in [0.2, 0.25) is 0 Å². The third kappa shape index (κ3) is 1.39. The number of rotatable bonds is 1. The van der Waals surface area contributed by atoms with Crippen LogP contribution in [0.5, 0.6) is 0 Å². The van der Waals surface area contributed by atoms with Crippen molar-refractivity contribution in [2.24, 2.45) is 4.99 Å². The number of nitrogens with zero attached hydrogens (tertiary/aromatic N) is 3. The highest BCUT2D eigenvalue weighted by Crippen LogP contribution is 1.79. The first-order valence-corrected chi connectivity index (χ1v) is 3.44. The highest BCUT2D eigenvalue weighted by Gasteiger charge is 1.92. The molecular weight excluding hydrogens is 140 g/mol. The van der Waals surface area contributed by atoms with Crippen LogP contribution in [0.3, 0.4) is 0 Å². The summed E-state index contributed by atoms with van der Waals surface area (Å²) >= 11 is 0. The van der Waals surface area contributed by atoms with Crippen LogP contribution in [0.1, 0.15) is 5.69 Å². The number of aromatic nitrogens is 2. The molecule has 0 amide bonds. The summed E-state index contributed by atoms with van der Waals surface area (Å²) in [6, 6.07) is 0. The Morgan fingerprint density at radius 3 is 2.82 bits per heavy atom. The Morgan fingerprint density at radius 2 is 2.36 bits per heavy atom. The second-order valence-electron chi connectivity index (χ2n) is 2.15. The van der Waals surface area contributed by atoms with Gasteiger partial charge < -0.3 is 5.43 Å². The Kier molecular flexibility index (Phi) is 2.25. The van der Waals surface area contributed by atoms with Crippen molar-refractivity contribution in [3.63, 3.8) is 0 Å². The molecule has 0 saturated heterocycles. The van der Waals surface area contributed by atoms with Crippen molar-refractivity contribution in [3.8, 4) is 0 Å². The second kappa shape index (κ2) is 3.18. The van der Waals surface area contributed by atoms with E-state index in [-0.39, 0.29) is 0 Å². The lowest BCUT2D eigenvalue weighted by Gasteiger charge is -2.05. The van der Waals surface area contributed by atoms with Gasteiger partial charge in [0.25, 0.3) is 0 Å². The van der Waals surface area contributed by atoms with E-state index in [0.29, 0.717) is 0 Å². The zero-order valence-electron chi connectivity index (χ0n) is 7.00. The molecule has 0 atom stereocenters. The van der Waals surface area contributed by atoms with E-state index in [1.165, 1.54) is 0 Å². The van der Waals surface area contributed by atoms with Gasteiger partial charge in [-0.05, 0) is 6.92 Å². The van der Waals surface area contributed by atoms with E-state index in [1.807, 2.05) is 24.8 Å². The lowest BCUT2D eigenvalue weighted by Crippen LogP contribution is -2.29. The SMILES string of the molecule is CN=c1c(C)nccn1NC. The summed E-state index contributed by atoms with van der Waals surface area (Å²) in [6.45, 7) is 1.93. The average molecular weight is 152 g/mol. The van der Waals surface area contributed by atoms with Crippen LogP contribution in [0.25, 0.3) is 0 Å². The molecule has 0 saturated carbocycles. The Balaban J connectivity index is 3.38. The predicted molar refractivity (Wildman–Crippen MR) is 43.7 cm³/mol. The van der Waals surface area contributed by atoms with Crippen LogP contribution in [0.4, 0.5) is 0 Å². The van der Waals surface area contributed by atoms with E-state index in [0.717, 1.165) is 11.2 Å². The normalized spacial score (nSPS) is 11.7. The molecule has 1 N–H and O–H groups in total. The Morgan fingerprint density at radius 1 is 1.64 bits per heavy atom. The van der Waals surface area contributed by atoms with Crippen LogP contribution in [0, 0.1) is 6.92 Å². The molecule has 0 fully saturated rings. The number of hydrogen-bond acceptors (Lipinski definition) is 3. The minimum absolute atomic E-state index is 0.856. The lowest BCUT2D eigenvalue weighted by atomic mass is 10.5. The summed E-state index contributed by atoms with van der Waals surface area (Å²) in [5.41, 5.74) is 4.75. The first-order chi connectivity index (χ1) is 5.29. The van der Waals surface area contributed by atoms with Crippen molar-refractivity contribution in [2.45, 2.75) is 6.92 Å². The van der Waals surface area contributed by atoms with Crippen molar-refractivity contribution < 1.29 is 0 Å². The van der Waals surface area contributed by atoms with Gasteiger partial charge in [-0.15, -0.1) is 0 Å². The monoisotopic (exact) mass is 152 g/mol. The molecule has 0 aliphatic rings. The van der Waals surface area contributed by atoms with E-state index in [1.54, 1.807) is 13.2 Å². The molecule has 11 heavy (non-hydrogen) atoms. The zero-order chi connectivity index (χ0) is 8.27. The molecule has 0 spiro atoms. The van der Waals surface area contributed by atoms with Gasteiger partial charge in [-0.2, -0.15) is 0 Å². The minimum Gasteiger partial charge on any atom is -0.327 e. The molecule has 4 heteroatoms. The van der Waals surface area contributed by atoms with Crippen molar-refractivity contribution in [3.05, 3.63) is 23.6 Å². The maximum Gasteiger partial charge on any atom is 0.167 e. The van der Waals surface area contributed by atoms with E-state index in [9.17, 15) is 0 Å². The highest BCUT2D eigenvalue weighted by molar-refractivity contribution is 4.94. The van der Waals surface area contributed by atoms with E-state index in [2.05, 4.69) is 15.4 Å². The van der Waals surface area contributed by atoms with E-state index < -0.39 is 0 Å². The molecule has 4 nitrogen and oxygen atoms in total. The van der Waals surface area contributed by atoms with Gasteiger partial charge in [0.05, 0.1) is 5.69 Å². The summed E-state index contributed by atoms with van der Waals surface area (Å²) in [5.74, 6) is 0. The molecule has 0 aromatic carbocycles. The first kappa shape index (κ1) is 7.78. The summed E-state index contributed by atoms with van der Waals surface area (Å²) < 4.78 is 1.82. The summed E-state index contributed by atoms with van der Waals surface area (Å²) in [4.78, 5) is 8.18. The molecule has 1 rings (SSSR count). The molecule has 1 aromatic rings.